The number of halogens is 1. The Morgan fingerprint density at radius 1 is 1.64 bits per heavy atom. The van der Waals surface area contributed by atoms with Crippen molar-refractivity contribution in [3.63, 3.8) is 0 Å². The van der Waals surface area contributed by atoms with E-state index in [0.717, 1.165) is 0 Å². The molecule has 0 aliphatic heterocycles. The number of primary amides is 1. The summed E-state index contributed by atoms with van der Waals surface area (Å²) >= 11 is 5.51. The van der Waals surface area contributed by atoms with Gasteiger partial charge in [0.25, 0.3) is 5.91 Å². The van der Waals surface area contributed by atoms with Crippen LogP contribution >= 0.6 is 11.6 Å². The lowest BCUT2D eigenvalue weighted by Crippen LogP contribution is -2.15. The van der Waals surface area contributed by atoms with Crippen molar-refractivity contribution < 1.29 is 4.79 Å². The van der Waals surface area contributed by atoms with Crippen LogP contribution in [0.1, 0.15) is 10.5 Å². The van der Waals surface area contributed by atoms with Crippen LogP contribution in [0.15, 0.2) is 6.20 Å². The van der Waals surface area contributed by atoms with Crippen LogP contribution in [0.5, 0.6) is 0 Å². The summed E-state index contributed by atoms with van der Waals surface area (Å²) in [7, 11) is 0. The molecule has 1 aromatic rings. The average Bonchev–Trinajstić information content (AvgIpc) is 1.94. The number of rotatable bonds is 1. The first kappa shape index (κ1) is 7.74. The van der Waals surface area contributed by atoms with Crippen molar-refractivity contribution in [1.29, 1.82) is 0 Å². The molecule has 6 heteroatoms. The highest BCUT2D eigenvalue weighted by atomic mass is 35.5. The topological polar surface area (TPSA) is 94.9 Å². The number of nitrogen functional groups attached to an aromatic ring is 1. The Hall–Kier alpha value is -1.36. The largest absolute Gasteiger partial charge is 0.368 e. The normalized spacial score (nSPS) is 9.55. The molecule has 1 amide bonds. The second-order valence-electron chi connectivity index (χ2n) is 1.79. The van der Waals surface area contributed by atoms with Gasteiger partial charge in [0, 0.05) is 0 Å². The molecule has 0 fully saturated rings. The first-order valence-electron chi connectivity index (χ1n) is 2.69. The summed E-state index contributed by atoms with van der Waals surface area (Å²) in [6.07, 6.45) is 1.23. The first-order chi connectivity index (χ1) is 5.11. The molecular weight excluding hydrogens is 168 g/mol. The average molecular weight is 173 g/mol. The summed E-state index contributed by atoms with van der Waals surface area (Å²) in [5.41, 5.74) is 10.0. The molecule has 0 aliphatic carbocycles. The van der Waals surface area contributed by atoms with Gasteiger partial charge in [-0.1, -0.05) is 11.6 Å². The standard InChI is InChI=1S/C5H5ClN4O/c6-2-1-9-5(8)10-3(2)4(7)11/h1H,(H2,7,11)(H2,8,9,10). The maximum absolute atomic E-state index is 10.6. The molecule has 0 unspecified atom stereocenters. The molecule has 0 spiro atoms. The molecule has 0 saturated carbocycles. The predicted octanol–water partition coefficient (Wildman–Crippen LogP) is -0.189. The van der Waals surface area contributed by atoms with Crippen molar-refractivity contribution in [3.8, 4) is 0 Å². The van der Waals surface area contributed by atoms with Crippen LogP contribution < -0.4 is 11.5 Å². The van der Waals surface area contributed by atoms with Gasteiger partial charge in [-0.3, -0.25) is 4.79 Å². The number of carbonyl (C=O) groups excluding carboxylic acids is 1. The fourth-order valence-corrected chi connectivity index (χ4v) is 0.738. The van der Waals surface area contributed by atoms with Gasteiger partial charge in [0.15, 0.2) is 5.69 Å². The third-order valence-electron chi connectivity index (χ3n) is 0.996. The molecular formula is C5H5ClN4O. The van der Waals surface area contributed by atoms with E-state index < -0.39 is 5.91 Å². The fraction of sp³-hybridized carbons (Fsp3) is 0. The summed E-state index contributed by atoms with van der Waals surface area (Å²) in [5, 5.41) is 0.103. The monoisotopic (exact) mass is 172 g/mol. The van der Waals surface area contributed by atoms with Gasteiger partial charge in [-0.05, 0) is 0 Å². The van der Waals surface area contributed by atoms with Crippen LogP contribution in [0.25, 0.3) is 0 Å². The van der Waals surface area contributed by atoms with Gasteiger partial charge in [0.05, 0.1) is 11.2 Å². The second-order valence-corrected chi connectivity index (χ2v) is 2.20. The number of hydrogen-bond donors (Lipinski definition) is 2. The van der Waals surface area contributed by atoms with Crippen molar-refractivity contribution in [2.75, 3.05) is 5.73 Å². The number of carbonyl (C=O) groups is 1. The van der Waals surface area contributed by atoms with Gasteiger partial charge < -0.3 is 11.5 Å². The van der Waals surface area contributed by atoms with Crippen LogP contribution in [0.3, 0.4) is 0 Å². The minimum absolute atomic E-state index is 0.0248. The number of aromatic nitrogens is 2. The predicted molar refractivity (Wildman–Crippen MR) is 40.0 cm³/mol. The lowest BCUT2D eigenvalue weighted by atomic mass is 10.4. The minimum atomic E-state index is -0.718. The van der Waals surface area contributed by atoms with Gasteiger partial charge in [-0.2, -0.15) is 0 Å². The van der Waals surface area contributed by atoms with Crippen LogP contribution in [0, 0.1) is 0 Å². The first-order valence-corrected chi connectivity index (χ1v) is 3.07. The number of nitrogens with zero attached hydrogens (tertiary/aromatic N) is 2. The van der Waals surface area contributed by atoms with E-state index in [1.807, 2.05) is 0 Å². The molecule has 1 aromatic heterocycles. The van der Waals surface area contributed by atoms with Crippen LogP contribution in [-0.2, 0) is 0 Å². The highest BCUT2D eigenvalue weighted by Gasteiger charge is 2.08. The molecule has 0 aliphatic rings. The Kier molecular flexibility index (Phi) is 1.91. The summed E-state index contributed by atoms with van der Waals surface area (Å²) in [5.74, 6) is -0.743. The summed E-state index contributed by atoms with van der Waals surface area (Å²) in [4.78, 5) is 17.6. The number of hydrogen-bond acceptors (Lipinski definition) is 4. The Labute approximate surface area is 67.4 Å². The van der Waals surface area contributed by atoms with E-state index in [1.54, 1.807) is 0 Å². The van der Waals surface area contributed by atoms with E-state index in [2.05, 4.69) is 9.97 Å². The Bertz CT molecular complexity index is 301. The van der Waals surface area contributed by atoms with Crippen LogP contribution in [0.4, 0.5) is 5.95 Å². The van der Waals surface area contributed by atoms with Crippen molar-refractivity contribution in [3.05, 3.63) is 16.9 Å². The molecule has 5 nitrogen and oxygen atoms in total. The minimum Gasteiger partial charge on any atom is -0.368 e. The maximum atomic E-state index is 10.6. The quantitative estimate of drug-likeness (QED) is 0.614. The summed E-state index contributed by atoms with van der Waals surface area (Å²) in [6, 6.07) is 0. The maximum Gasteiger partial charge on any atom is 0.269 e. The van der Waals surface area contributed by atoms with Gasteiger partial charge in [-0.25, -0.2) is 9.97 Å². The molecule has 11 heavy (non-hydrogen) atoms. The fourth-order valence-electron chi connectivity index (χ4n) is 0.554. The van der Waals surface area contributed by atoms with E-state index in [4.69, 9.17) is 23.1 Å². The summed E-state index contributed by atoms with van der Waals surface area (Å²) in [6.45, 7) is 0. The Balaban J connectivity index is 3.23. The highest BCUT2D eigenvalue weighted by molar-refractivity contribution is 6.33. The van der Waals surface area contributed by atoms with Crippen molar-refractivity contribution in [1.82, 2.24) is 9.97 Å². The van der Waals surface area contributed by atoms with Gasteiger partial charge >= 0.3 is 0 Å². The van der Waals surface area contributed by atoms with E-state index in [0.29, 0.717) is 0 Å². The molecule has 1 rings (SSSR count). The molecule has 58 valence electrons. The van der Waals surface area contributed by atoms with Gasteiger partial charge in [0.1, 0.15) is 0 Å². The zero-order valence-electron chi connectivity index (χ0n) is 5.41. The molecule has 1 heterocycles. The van der Waals surface area contributed by atoms with Crippen molar-refractivity contribution in [2.24, 2.45) is 5.73 Å². The van der Waals surface area contributed by atoms with Crippen LogP contribution in [0.2, 0.25) is 5.02 Å². The molecule has 4 N–H and O–H groups in total. The molecule has 0 radical (unpaired) electrons. The van der Waals surface area contributed by atoms with E-state index >= 15 is 0 Å². The SMILES string of the molecule is NC(=O)c1nc(N)ncc1Cl. The number of anilines is 1. The second kappa shape index (κ2) is 2.71. The smallest absolute Gasteiger partial charge is 0.269 e. The number of nitrogens with two attached hydrogens (primary N) is 2. The van der Waals surface area contributed by atoms with Gasteiger partial charge in [-0.15, -0.1) is 0 Å². The lowest BCUT2D eigenvalue weighted by molar-refractivity contribution is 0.0995. The van der Waals surface area contributed by atoms with Crippen LogP contribution in [-0.4, -0.2) is 15.9 Å². The third-order valence-corrected chi connectivity index (χ3v) is 1.27. The zero-order chi connectivity index (χ0) is 8.43. The van der Waals surface area contributed by atoms with E-state index in [-0.39, 0.29) is 16.7 Å². The Morgan fingerprint density at radius 2 is 2.27 bits per heavy atom. The number of amides is 1. The highest BCUT2D eigenvalue weighted by Crippen LogP contribution is 2.11. The van der Waals surface area contributed by atoms with E-state index in [9.17, 15) is 4.79 Å². The summed E-state index contributed by atoms with van der Waals surface area (Å²) < 4.78 is 0. The molecule has 0 bridgehead atoms. The Morgan fingerprint density at radius 3 is 2.73 bits per heavy atom. The van der Waals surface area contributed by atoms with Crippen molar-refractivity contribution >= 4 is 23.5 Å². The van der Waals surface area contributed by atoms with Gasteiger partial charge in [0.2, 0.25) is 5.95 Å². The molecule has 0 atom stereocenters. The third kappa shape index (κ3) is 1.56. The lowest BCUT2D eigenvalue weighted by Gasteiger charge is -1.97. The van der Waals surface area contributed by atoms with E-state index in [1.165, 1.54) is 6.20 Å². The zero-order valence-corrected chi connectivity index (χ0v) is 6.17. The molecule has 0 saturated heterocycles. The van der Waals surface area contributed by atoms with Crippen molar-refractivity contribution in [2.45, 2.75) is 0 Å². The molecule has 0 aromatic carbocycles.